The highest BCUT2D eigenvalue weighted by atomic mass is 15.2. The van der Waals surface area contributed by atoms with Crippen LogP contribution in [0.5, 0.6) is 0 Å². The van der Waals surface area contributed by atoms with Crippen LogP contribution >= 0.6 is 0 Å². The van der Waals surface area contributed by atoms with Crippen LogP contribution in [0.2, 0.25) is 0 Å². The maximum absolute atomic E-state index is 4.88. The molecule has 1 unspecified atom stereocenters. The van der Waals surface area contributed by atoms with Gasteiger partial charge >= 0.3 is 0 Å². The maximum Gasteiger partial charge on any atom is 0.108 e. The van der Waals surface area contributed by atoms with E-state index in [-0.39, 0.29) is 0 Å². The highest BCUT2D eigenvalue weighted by molar-refractivity contribution is 6.09. The van der Waals surface area contributed by atoms with E-state index in [1.165, 1.54) is 21.8 Å². The van der Waals surface area contributed by atoms with Gasteiger partial charge in [-0.2, -0.15) is 0 Å². The Labute approximate surface area is 344 Å². The number of rotatable bonds is 6. The average molecular weight is 754 g/mol. The first-order valence-electron chi connectivity index (χ1n) is 20.1. The molecule has 0 amide bonds. The maximum atomic E-state index is 4.88. The van der Waals surface area contributed by atoms with Crippen molar-refractivity contribution in [3.05, 3.63) is 241 Å². The molecular formula is C56H39N3. The summed E-state index contributed by atoms with van der Waals surface area (Å²) < 4.78 is 2.41. The summed E-state index contributed by atoms with van der Waals surface area (Å²) in [6.45, 7) is 6.69. The van der Waals surface area contributed by atoms with Crippen molar-refractivity contribution in [3.8, 4) is 27.9 Å². The number of hydrogen-bond acceptors (Lipinski definition) is 2. The zero-order valence-electron chi connectivity index (χ0n) is 32.7. The molecule has 0 N–H and O–H groups in total. The lowest BCUT2D eigenvalue weighted by Crippen LogP contribution is -2.25. The van der Waals surface area contributed by atoms with Gasteiger partial charge in [0.15, 0.2) is 0 Å². The van der Waals surface area contributed by atoms with Crippen molar-refractivity contribution in [2.75, 3.05) is 4.90 Å². The van der Waals surface area contributed by atoms with E-state index in [0.717, 1.165) is 78.4 Å². The van der Waals surface area contributed by atoms with Crippen LogP contribution in [0.25, 0.3) is 60.9 Å². The molecular weight excluding hydrogens is 715 g/mol. The molecule has 7 aromatic carbocycles. The number of aromatic nitrogens is 1. The first-order chi connectivity index (χ1) is 29.0. The van der Waals surface area contributed by atoms with Gasteiger partial charge in [0.05, 0.1) is 22.4 Å². The molecule has 1 atom stereocenters. The Morgan fingerprint density at radius 2 is 1.14 bits per heavy atom. The van der Waals surface area contributed by atoms with E-state index in [9.17, 15) is 0 Å². The van der Waals surface area contributed by atoms with E-state index in [2.05, 4.69) is 223 Å². The van der Waals surface area contributed by atoms with Crippen molar-refractivity contribution in [2.24, 2.45) is 4.99 Å². The van der Waals surface area contributed by atoms with Crippen LogP contribution in [0.1, 0.15) is 23.6 Å². The molecule has 278 valence electrons. The largest absolute Gasteiger partial charge is 0.309 e. The number of benzene rings is 7. The molecule has 3 nitrogen and oxygen atoms in total. The molecule has 59 heavy (non-hydrogen) atoms. The number of fused-ring (bicyclic) bond motifs is 5. The summed E-state index contributed by atoms with van der Waals surface area (Å²) in [6, 6.07) is 61.3. The summed E-state index contributed by atoms with van der Waals surface area (Å²) in [5.74, 6) is 0. The minimum Gasteiger partial charge on any atom is -0.309 e. The summed E-state index contributed by atoms with van der Waals surface area (Å²) in [4.78, 5) is 7.23. The quantitative estimate of drug-likeness (QED) is 0.155. The smallest absolute Gasteiger partial charge is 0.108 e. The summed E-state index contributed by atoms with van der Waals surface area (Å²) in [6.07, 6.45) is 12.5. The van der Waals surface area contributed by atoms with Crippen LogP contribution in [0.15, 0.2) is 229 Å². The van der Waals surface area contributed by atoms with Crippen molar-refractivity contribution in [3.63, 3.8) is 0 Å². The third-order valence-corrected chi connectivity index (χ3v) is 12.1. The third-order valence-electron chi connectivity index (χ3n) is 12.1. The topological polar surface area (TPSA) is 20.5 Å². The lowest BCUT2D eigenvalue weighted by molar-refractivity contribution is 0.611. The number of para-hydroxylation sites is 3. The van der Waals surface area contributed by atoms with Crippen molar-refractivity contribution in [1.29, 1.82) is 0 Å². The fourth-order valence-electron chi connectivity index (χ4n) is 9.01. The molecule has 2 bridgehead atoms. The van der Waals surface area contributed by atoms with E-state index in [1.54, 1.807) is 0 Å². The molecule has 8 aromatic rings. The second-order valence-corrected chi connectivity index (χ2v) is 15.5. The van der Waals surface area contributed by atoms with Gasteiger partial charge in [0.1, 0.15) is 5.54 Å². The lowest BCUT2D eigenvalue weighted by Gasteiger charge is -2.32. The summed E-state index contributed by atoms with van der Waals surface area (Å²) in [5.41, 5.74) is 21.2. The van der Waals surface area contributed by atoms with Gasteiger partial charge < -0.3 is 9.47 Å². The average Bonchev–Trinajstić information content (AvgIpc) is 3.49. The Morgan fingerprint density at radius 3 is 1.85 bits per heavy atom. The number of aliphatic imine (C=N–C) groups is 1. The Bertz CT molecular complexity index is 3150. The molecule has 3 aliphatic rings. The second-order valence-electron chi connectivity index (χ2n) is 15.5. The van der Waals surface area contributed by atoms with Crippen molar-refractivity contribution in [1.82, 2.24) is 4.57 Å². The molecule has 0 radical (unpaired) electrons. The molecule has 0 spiro atoms. The Morgan fingerprint density at radius 1 is 0.559 bits per heavy atom. The minimum atomic E-state index is -0.504. The van der Waals surface area contributed by atoms with Crippen molar-refractivity contribution in [2.45, 2.75) is 12.5 Å². The van der Waals surface area contributed by atoms with Crippen LogP contribution in [0.3, 0.4) is 0 Å². The van der Waals surface area contributed by atoms with E-state index < -0.39 is 5.54 Å². The number of allylic oxidation sites excluding steroid dienone is 5. The Hall–Kier alpha value is -7.71. The van der Waals surface area contributed by atoms with Gasteiger partial charge in [-0.05, 0) is 106 Å². The van der Waals surface area contributed by atoms with Crippen molar-refractivity contribution < 1.29 is 0 Å². The number of hydrogen-bond donors (Lipinski definition) is 0. The fourth-order valence-corrected chi connectivity index (χ4v) is 9.01. The normalized spacial score (nSPS) is 16.8. The minimum absolute atomic E-state index is 0.504. The van der Waals surface area contributed by atoms with Gasteiger partial charge in [0, 0.05) is 39.5 Å². The van der Waals surface area contributed by atoms with Crippen LogP contribution in [-0.2, 0) is 5.54 Å². The molecule has 11 rings (SSSR count). The van der Waals surface area contributed by atoms with Crippen LogP contribution in [0, 0.1) is 0 Å². The van der Waals surface area contributed by atoms with E-state index in [0.29, 0.717) is 0 Å². The zero-order valence-corrected chi connectivity index (χ0v) is 32.7. The number of anilines is 2. The highest BCUT2D eigenvalue weighted by Gasteiger charge is 2.33. The highest BCUT2D eigenvalue weighted by Crippen LogP contribution is 2.45. The van der Waals surface area contributed by atoms with Crippen LogP contribution < -0.4 is 4.90 Å². The first kappa shape index (κ1) is 34.5. The molecule has 1 aromatic heterocycles. The fraction of sp³-hybridized carbons (Fsp3) is 0.0357. The van der Waals surface area contributed by atoms with Gasteiger partial charge in [0.25, 0.3) is 0 Å². The SMILES string of the molecule is C=C1C(c2ccc(-c3ccc(-c4cc(N5C6=C=C(C=CC=C6)c6ccccc65)cc(-n5c6ccccc6c6ccccc65)c4)cc3)cc2)=CC=NC1(C)c1ccccc1. The summed E-state index contributed by atoms with van der Waals surface area (Å²) >= 11 is 0. The van der Waals surface area contributed by atoms with E-state index in [1.807, 2.05) is 12.3 Å². The predicted molar refractivity (Wildman–Crippen MR) is 248 cm³/mol. The number of dihydropyridines is 1. The number of nitrogens with zero attached hydrogens (tertiary/aromatic N) is 3. The molecule has 0 saturated carbocycles. The standard InChI is InChI=1S/C56H39N3/c1-38-49(32-33-57-56(38,2)45-15-4-3-5-16-45)42-30-28-40(29-31-42)39-24-26-41(27-25-39)44-35-47(58-46-17-7-6-14-43(34-46)50-18-8-11-21-53(50)58)37-48(36-44)59-54-22-12-9-19-51(54)52-20-10-13-23-55(52)59/h3-33,35-37H,1H2,2H3. The monoisotopic (exact) mass is 753 g/mol. The molecule has 2 aliphatic heterocycles. The van der Waals surface area contributed by atoms with Gasteiger partial charge in [-0.25, -0.2) is 0 Å². The second kappa shape index (κ2) is 13.7. The van der Waals surface area contributed by atoms with E-state index in [4.69, 9.17) is 4.99 Å². The Kier molecular flexibility index (Phi) is 8.04. The molecule has 0 saturated heterocycles. The van der Waals surface area contributed by atoms with Crippen LogP contribution in [0.4, 0.5) is 11.4 Å². The predicted octanol–water partition coefficient (Wildman–Crippen LogP) is 14.2. The van der Waals surface area contributed by atoms with Gasteiger partial charge in [0.2, 0.25) is 0 Å². The van der Waals surface area contributed by atoms with E-state index >= 15 is 0 Å². The molecule has 0 fully saturated rings. The van der Waals surface area contributed by atoms with Gasteiger partial charge in [-0.15, -0.1) is 0 Å². The molecule has 3 heterocycles. The molecule has 3 heteroatoms. The summed E-state index contributed by atoms with van der Waals surface area (Å²) in [5, 5.41) is 2.48. The Balaban J connectivity index is 0.996. The van der Waals surface area contributed by atoms with Gasteiger partial charge in [-0.1, -0.05) is 158 Å². The third kappa shape index (κ3) is 5.71. The van der Waals surface area contributed by atoms with Crippen LogP contribution in [-0.4, -0.2) is 10.8 Å². The zero-order chi connectivity index (χ0) is 39.5. The summed E-state index contributed by atoms with van der Waals surface area (Å²) in [7, 11) is 0. The van der Waals surface area contributed by atoms with Crippen molar-refractivity contribution >= 4 is 50.5 Å². The lowest BCUT2D eigenvalue weighted by atomic mass is 9.78. The first-order valence-corrected chi connectivity index (χ1v) is 20.1. The van der Waals surface area contributed by atoms with Gasteiger partial charge in [-0.3, -0.25) is 4.99 Å². The molecule has 1 aliphatic carbocycles.